The van der Waals surface area contributed by atoms with Crippen molar-refractivity contribution in [3.05, 3.63) is 10.6 Å². The topological polar surface area (TPSA) is 113 Å². The Hall–Kier alpha value is -2.40. The summed E-state index contributed by atoms with van der Waals surface area (Å²) >= 11 is 1.30. The maximum absolute atomic E-state index is 12.6. The van der Waals surface area contributed by atoms with Gasteiger partial charge in [0.1, 0.15) is 10.5 Å². The number of amides is 3. The van der Waals surface area contributed by atoms with Gasteiger partial charge in [0.05, 0.1) is 24.8 Å². The van der Waals surface area contributed by atoms with E-state index < -0.39 is 23.5 Å². The van der Waals surface area contributed by atoms with E-state index in [1.165, 1.54) is 11.3 Å². The molecular weight excluding hydrogens is 422 g/mol. The van der Waals surface area contributed by atoms with Crippen molar-refractivity contribution in [2.75, 3.05) is 44.3 Å². The molecule has 0 saturated carbocycles. The molecule has 10 nitrogen and oxygen atoms in total. The van der Waals surface area contributed by atoms with Crippen molar-refractivity contribution in [2.24, 2.45) is 5.92 Å². The summed E-state index contributed by atoms with van der Waals surface area (Å²) in [5, 5.41) is 0.776. The zero-order chi connectivity index (χ0) is 22.6. The Morgan fingerprint density at radius 2 is 1.87 bits per heavy atom. The first-order valence-electron chi connectivity index (χ1n) is 10.5. The Morgan fingerprint density at radius 3 is 2.55 bits per heavy atom. The second kappa shape index (κ2) is 9.82. The maximum atomic E-state index is 12.6. The van der Waals surface area contributed by atoms with Crippen molar-refractivity contribution >= 4 is 34.4 Å². The Labute approximate surface area is 186 Å². The molecular formula is C20H31N5O5S. The number of nitrogens with one attached hydrogen (secondary N) is 2. The predicted octanol–water partition coefficient (Wildman–Crippen LogP) is 1.70. The monoisotopic (exact) mass is 453 g/mol. The van der Waals surface area contributed by atoms with Gasteiger partial charge in [0.15, 0.2) is 5.13 Å². The first-order valence-corrected chi connectivity index (χ1v) is 11.3. The minimum absolute atomic E-state index is 0.261. The van der Waals surface area contributed by atoms with Gasteiger partial charge in [-0.05, 0) is 40.5 Å². The lowest BCUT2D eigenvalue weighted by Gasteiger charge is -2.33. The third kappa shape index (κ3) is 6.30. The number of thiazole rings is 1. The van der Waals surface area contributed by atoms with Gasteiger partial charge in [0.25, 0.3) is 5.91 Å². The number of piperidine rings is 1. The molecule has 172 valence electrons. The Kier molecular flexibility index (Phi) is 7.37. The number of hydrogen-bond donors (Lipinski definition) is 2. The van der Waals surface area contributed by atoms with Crippen molar-refractivity contribution in [3.63, 3.8) is 0 Å². The van der Waals surface area contributed by atoms with Gasteiger partial charge in [-0.25, -0.2) is 9.78 Å². The van der Waals surface area contributed by atoms with Crippen LogP contribution in [0.1, 0.15) is 49.0 Å². The molecule has 1 aromatic rings. The second-order valence-electron chi connectivity index (χ2n) is 8.72. The van der Waals surface area contributed by atoms with Crippen LogP contribution in [0.4, 0.5) is 9.93 Å². The van der Waals surface area contributed by atoms with Crippen molar-refractivity contribution in [1.29, 1.82) is 0 Å². The predicted molar refractivity (Wildman–Crippen MR) is 116 cm³/mol. The number of hydrazine groups is 1. The van der Waals surface area contributed by atoms with E-state index in [4.69, 9.17) is 9.47 Å². The minimum atomic E-state index is -0.590. The number of hydrogen-bond acceptors (Lipinski definition) is 8. The van der Waals surface area contributed by atoms with Crippen LogP contribution in [0.25, 0.3) is 0 Å². The molecule has 1 atom stereocenters. The number of morpholine rings is 1. The molecule has 2 aliphatic rings. The Balaban J connectivity index is 1.52. The summed E-state index contributed by atoms with van der Waals surface area (Å²) in [6.45, 7) is 10.8. The van der Waals surface area contributed by atoms with Crippen LogP contribution < -0.4 is 15.8 Å². The molecule has 31 heavy (non-hydrogen) atoms. The quantitative estimate of drug-likeness (QED) is 0.670. The van der Waals surface area contributed by atoms with Gasteiger partial charge in [-0.1, -0.05) is 11.3 Å². The molecule has 0 aromatic carbocycles. The van der Waals surface area contributed by atoms with E-state index in [1.54, 1.807) is 32.6 Å². The molecule has 0 spiro atoms. The molecule has 3 heterocycles. The van der Waals surface area contributed by atoms with E-state index in [2.05, 4.69) is 20.7 Å². The van der Waals surface area contributed by atoms with Crippen molar-refractivity contribution in [3.8, 4) is 0 Å². The summed E-state index contributed by atoms with van der Waals surface area (Å²) in [5.41, 5.74) is 5.02. The zero-order valence-electron chi connectivity index (χ0n) is 18.5. The first kappa shape index (κ1) is 23.3. The third-order valence-corrected chi connectivity index (χ3v) is 6.23. The minimum Gasteiger partial charge on any atom is -0.444 e. The summed E-state index contributed by atoms with van der Waals surface area (Å²) in [7, 11) is 0. The molecule has 1 unspecified atom stereocenters. The number of nitrogens with zero attached hydrogens (tertiary/aromatic N) is 3. The molecule has 3 rings (SSSR count). The van der Waals surface area contributed by atoms with Crippen molar-refractivity contribution < 1.29 is 23.9 Å². The largest absolute Gasteiger partial charge is 0.444 e. The molecule has 0 bridgehead atoms. The molecule has 2 N–H and O–H groups in total. The lowest BCUT2D eigenvalue weighted by atomic mass is 9.98. The van der Waals surface area contributed by atoms with Crippen LogP contribution in [0.2, 0.25) is 0 Å². The fourth-order valence-corrected chi connectivity index (χ4v) is 4.46. The number of likely N-dealkylation sites (tertiary alicyclic amines) is 1. The standard InChI is InChI=1S/C20H31N5O5S/c1-13-15(31-18(21-13)24-8-10-29-11-9-24)17(27)23-22-16(26)14-6-5-7-25(12-14)19(28)30-20(2,3)4/h14H,5-12H2,1-4H3,(H,22,26)(H,23,27). The van der Waals surface area contributed by atoms with Gasteiger partial charge in [-0.3, -0.25) is 20.4 Å². The normalized spacial score (nSPS) is 19.7. The lowest BCUT2D eigenvalue weighted by molar-refractivity contribution is -0.127. The van der Waals surface area contributed by atoms with Crippen LogP contribution >= 0.6 is 11.3 Å². The lowest BCUT2D eigenvalue weighted by Crippen LogP contribution is -2.50. The highest BCUT2D eigenvalue weighted by molar-refractivity contribution is 7.17. The number of aromatic nitrogens is 1. The summed E-state index contributed by atoms with van der Waals surface area (Å²) in [4.78, 5) is 46.0. The van der Waals surface area contributed by atoms with Crippen LogP contribution in [0.5, 0.6) is 0 Å². The molecule has 0 aliphatic carbocycles. The number of carbonyl (C=O) groups excluding carboxylic acids is 3. The van der Waals surface area contributed by atoms with Gasteiger partial charge >= 0.3 is 6.09 Å². The number of carbonyl (C=O) groups is 3. The summed E-state index contributed by atoms with van der Waals surface area (Å²) < 4.78 is 10.7. The Morgan fingerprint density at radius 1 is 1.16 bits per heavy atom. The van der Waals surface area contributed by atoms with E-state index in [0.717, 1.165) is 18.2 Å². The second-order valence-corrected chi connectivity index (χ2v) is 9.70. The summed E-state index contributed by atoms with van der Waals surface area (Å²) in [6, 6.07) is 0. The van der Waals surface area contributed by atoms with Gasteiger partial charge in [-0.2, -0.15) is 0 Å². The zero-order valence-corrected chi connectivity index (χ0v) is 19.3. The van der Waals surface area contributed by atoms with E-state index in [0.29, 0.717) is 43.2 Å². The van der Waals surface area contributed by atoms with Gasteiger partial charge in [0, 0.05) is 26.2 Å². The van der Waals surface area contributed by atoms with Crippen LogP contribution in [0.3, 0.4) is 0 Å². The number of rotatable bonds is 3. The highest BCUT2D eigenvalue weighted by Gasteiger charge is 2.31. The fraction of sp³-hybridized carbons (Fsp3) is 0.700. The number of anilines is 1. The molecule has 11 heteroatoms. The van der Waals surface area contributed by atoms with Gasteiger partial charge in [-0.15, -0.1) is 0 Å². The molecule has 1 aromatic heterocycles. The highest BCUT2D eigenvalue weighted by atomic mass is 32.1. The first-order chi connectivity index (χ1) is 14.6. The van der Waals surface area contributed by atoms with Gasteiger partial charge < -0.3 is 19.3 Å². The van der Waals surface area contributed by atoms with Crippen LogP contribution in [0, 0.1) is 12.8 Å². The van der Waals surface area contributed by atoms with Crippen LogP contribution in [-0.4, -0.2) is 72.8 Å². The van der Waals surface area contributed by atoms with E-state index in [9.17, 15) is 14.4 Å². The molecule has 3 amide bonds. The van der Waals surface area contributed by atoms with E-state index in [-0.39, 0.29) is 12.5 Å². The van der Waals surface area contributed by atoms with Gasteiger partial charge in [0.2, 0.25) is 5.91 Å². The van der Waals surface area contributed by atoms with Crippen molar-refractivity contribution in [1.82, 2.24) is 20.7 Å². The molecule has 2 saturated heterocycles. The fourth-order valence-electron chi connectivity index (χ4n) is 3.44. The van der Waals surface area contributed by atoms with Crippen LogP contribution in [0.15, 0.2) is 0 Å². The number of aryl methyl sites for hydroxylation is 1. The molecule has 2 aliphatic heterocycles. The average Bonchev–Trinajstić information content (AvgIpc) is 3.13. The van der Waals surface area contributed by atoms with Crippen molar-refractivity contribution in [2.45, 2.75) is 46.1 Å². The average molecular weight is 454 g/mol. The molecule has 2 fully saturated rings. The van der Waals surface area contributed by atoms with E-state index in [1.807, 2.05) is 0 Å². The highest BCUT2D eigenvalue weighted by Crippen LogP contribution is 2.26. The Bertz CT molecular complexity index is 815. The third-order valence-electron chi connectivity index (χ3n) is 5.02. The SMILES string of the molecule is Cc1nc(N2CCOCC2)sc1C(=O)NNC(=O)C1CCCN(C(=O)OC(C)(C)C)C1. The maximum Gasteiger partial charge on any atom is 0.410 e. The number of ether oxygens (including phenoxy) is 2. The summed E-state index contributed by atoms with van der Waals surface area (Å²) in [5.74, 6) is -1.13. The smallest absolute Gasteiger partial charge is 0.410 e. The summed E-state index contributed by atoms with van der Waals surface area (Å²) in [6.07, 6.45) is 0.911. The molecule has 0 radical (unpaired) electrons. The van der Waals surface area contributed by atoms with E-state index >= 15 is 0 Å². The van der Waals surface area contributed by atoms with Crippen LogP contribution in [-0.2, 0) is 14.3 Å².